The summed E-state index contributed by atoms with van der Waals surface area (Å²) in [4.78, 5) is 0. The first-order chi connectivity index (χ1) is 26.3. The molecule has 2 aliphatic carbocycles. The van der Waals surface area contributed by atoms with E-state index in [4.69, 9.17) is 0 Å². The molecule has 0 fully saturated rings. The summed E-state index contributed by atoms with van der Waals surface area (Å²) in [6.45, 7) is 9.55. The fourth-order valence-corrected chi connectivity index (χ4v) is 10.0. The molecule has 0 saturated heterocycles. The third kappa shape index (κ3) is 4.32. The zero-order valence-corrected chi connectivity index (χ0v) is 31.2. The van der Waals surface area contributed by atoms with Crippen molar-refractivity contribution in [2.45, 2.75) is 38.5 Å². The van der Waals surface area contributed by atoms with Gasteiger partial charge >= 0.3 is 0 Å². The van der Waals surface area contributed by atoms with Gasteiger partial charge in [0.1, 0.15) is 0 Å². The normalized spacial score (nSPS) is 14.6. The van der Waals surface area contributed by atoms with Crippen molar-refractivity contribution in [3.05, 3.63) is 192 Å². The van der Waals surface area contributed by atoms with Crippen molar-refractivity contribution >= 4 is 32.3 Å². The molecule has 0 aromatic heterocycles. The van der Waals surface area contributed by atoms with Gasteiger partial charge in [-0.2, -0.15) is 0 Å². The molecular formula is C54H40. The lowest BCUT2D eigenvalue weighted by Crippen LogP contribution is -2.16. The van der Waals surface area contributed by atoms with Gasteiger partial charge in [-0.15, -0.1) is 0 Å². The Bertz CT molecular complexity index is 2970. The molecule has 0 spiro atoms. The van der Waals surface area contributed by atoms with Crippen LogP contribution in [0.1, 0.15) is 49.9 Å². The highest BCUT2D eigenvalue weighted by molar-refractivity contribution is 6.21. The monoisotopic (exact) mass is 688 g/mol. The SMILES string of the molecule is CC1(C)c2ccccc2-c2cc3c(cc21)-c1cc(-c2ccc(-c4c5ccccc5c(-c5ccc6ccccc6c5)c5ccccc45)cc2)ccc1C3(C)C. The maximum absolute atomic E-state index is 2.52. The van der Waals surface area contributed by atoms with E-state index in [-0.39, 0.29) is 10.8 Å². The Kier molecular flexibility index (Phi) is 6.46. The second-order valence-corrected chi connectivity index (χ2v) is 16.5. The molecule has 0 radical (unpaired) electrons. The van der Waals surface area contributed by atoms with Crippen molar-refractivity contribution in [1.29, 1.82) is 0 Å². The van der Waals surface area contributed by atoms with Gasteiger partial charge in [0.2, 0.25) is 0 Å². The standard InChI is InChI=1S/C54H40/c1-53(2)47-20-12-11-15-39(47)45-31-50-46(32-49(45)53)44-30-37(27-28-48(44)54(50,3)4)34-21-24-35(25-22-34)51-40-16-7-9-18-42(40)52(43-19-10-8-17-41(43)51)38-26-23-33-13-5-6-14-36(33)29-38/h5-32H,1-4H3. The Balaban J connectivity index is 1.03. The van der Waals surface area contributed by atoms with Gasteiger partial charge in [0.15, 0.2) is 0 Å². The highest BCUT2D eigenvalue weighted by Gasteiger charge is 2.41. The van der Waals surface area contributed by atoms with Crippen molar-refractivity contribution in [1.82, 2.24) is 0 Å². The highest BCUT2D eigenvalue weighted by atomic mass is 14.4. The van der Waals surface area contributed by atoms with E-state index >= 15 is 0 Å². The third-order valence-corrected chi connectivity index (χ3v) is 12.9. The lowest BCUT2D eigenvalue weighted by Gasteiger charge is -2.24. The topological polar surface area (TPSA) is 0 Å². The number of benzene rings is 9. The molecule has 54 heavy (non-hydrogen) atoms. The molecule has 2 aliphatic rings. The third-order valence-electron chi connectivity index (χ3n) is 12.9. The summed E-state index contributed by atoms with van der Waals surface area (Å²) in [6.07, 6.45) is 0. The van der Waals surface area contributed by atoms with Crippen molar-refractivity contribution in [3.8, 4) is 55.6 Å². The summed E-state index contributed by atoms with van der Waals surface area (Å²) >= 11 is 0. The average Bonchev–Trinajstić information content (AvgIpc) is 3.57. The second-order valence-electron chi connectivity index (χ2n) is 16.5. The van der Waals surface area contributed by atoms with E-state index in [0.29, 0.717) is 0 Å². The summed E-state index contributed by atoms with van der Waals surface area (Å²) in [6, 6.07) is 63.9. The molecule has 0 heterocycles. The summed E-state index contributed by atoms with van der Waals surface area (Å²) < 4.78 is 0. The fraction of sp³-hybridized carbons (Fsp3) is 0.111. The molecule has 0 aliphatic heterocycles. The Hall–Kier alpha value is -6.24. The Morgan fingerprint density at radius 3 is 1.37 bits per heavy atom. The Labute approximate surface area is 317 Å². The van der Waals surface area contributed by atoms with Crippen LogP contribution in [0.2, 0.25) is 0 Å². The van der Waals surface area contributed by atoms with Gasteiger partial charge < -0.3 is 0 Å². The molecule has 0 amide bonds. The maximum atomic E-state index is 2.52. The van der Waals surface area contributed by atoms with E-state index in [2.05, 4.69) is 198 Å². The minimum absolute atomic E-state index is 0.0245. The summed E-state index contributed by atoms with van der Waals surface area (Å²) in [5.74, 6) is 0. The first-order valence-electron chi connectivity index (χ1n) is 19.3. The van der Waals surface area contributed by atoms with Gasteiger partial charge in [-0.25, -0.2) is 0 Å². The largest absolute Gasteiger partial charge is 0.0619 e. The highest BCUT2D eigenvalue weighted by Crippen LogP contribution is 2.56. The van der Waals surface area contributed by atoms with E-state index in [1.165, 1.54) is 110 Å². The van der Waals surface area contributed by atoms with Crippen LogP contribution in [0.5, 0.6) is 0 Å². The molecule has 9 aromatic carbocycles. The van der Waals surface area contributed by atoms with Gasteiger partial charge in [-0.1, -0.05) is 173 Å². The predicted octanol–water partition coefficient (Wildman–Crippen LogP) is 14.8. The zero-order chi connectivity index (χ0) is 36.3. The van der Waals surface area contributed by atoms with Crippen LogP contribution >= 0.6 is 0 Å². The first kappa shape index (κ1) is 31.3. The molecule has 9 aromatic rings. The smallest absolute Gasteiger partial charge is 0.0159 e. The van der Waals surface area contributed by atoms with Crippen LogP contribution in [0, 0.1) is 0 Å². The molecule has 256 valence electrons. The number of hydrogen-bond acceptors (Lipinski definition) is 0. The Morgan fingerprint density at radius 2 is 0.722 bits per heavy atom. The number of rotatable bonds is 3. The molecule has 0 N–H and O–H groups in total. The van der Waals surface area contributed by atoms with Crippen molar-refractivity contribution in [2.24, 2.45) is 0 Å². The minimum Gasteiger partial charge on any atom is -0.0619 e. The summed E-state index contributed by atoms with van der Waals surface area (Å²) in [5.41, 5.74) is 18.7. The molecule has 0 bridgehead atoms. The van der Waals surface area contributed by atoms with E-state index in [0.717, 1.165) is 0 Å². The van der Waals surface area contributed by atoms with Crippen molar-refractivity contribution < 1.29 is 0 Å². The second kappa shape index (κ2) is 11.1. The van der Waals surface area contributed by atoms with Crippen molar-refractivity contribution in [2.75, 3.05) is 0 Å². The van der Waals surface area contributed by atoms with Gasteiger partial charge in [0, 0.05) is 10.8 Å². The molecule has 0 heteroatoms. The lowest BCUT2D eigenvalue weighted by atomic mass is 9.79. The van der Waals surface area contributed by atoms with E-state index < -0.39 is 0 Å². The molecule has 0 unspecified atom stereocenters. The first-order valence-corrected chi connectivity index (χ1v) is 19.3. The summed E-state index contributed by atoms with van der Waals surface area (Å²) in [7, 11) is 0. The van der Waals surface area contributed by atoms with Crippen LogP contribution in [-0.2, 0) is 10.8 Å². The molecular weight excluding hydrogens is 649 g/mol. The zero-order valence-electron chi connectivity index (χ0n) is 31.2. The van der Waals surface area contributed by atoms with Gasteiger partial charge in [0.05, 0.1) is 0 Å². The van der Waals surface area contributed by atoms with Crippen LogP contribution in [0.3, 0.4) is 0 Å². The summed E-state index contributed by atoms with van der Waals surface area (Å²) in [5, 5.41) is 7.65. The lowest BCUT2D eigenvalue weighted by molar-refractivity contribution is 0.652. The van der Waals surface area contributed by atoms with Crippen molar-refractivity contribution in [3.63, 3.8) is 0 Å². The van der Waals surface area contributed by atoms with E-state index in [1.54, 1.807) is 0 Å². The van der Waals surface area contributed by atoms with Crippen LogP contribution in [-0.4, -0.2) is 0 Å². The Morgan fingerprint density at radius 1 is 0.278 bits per heavy atom. The molecule has 0 saturated carbocycles. The van der Waals surface area contributed by atoms with Crippen LogP contribution in [0.4, 0.5) is 0 Å². The molecule has 0 atom stereocenters. The average molecular weight is 689 g/mol. The maximum Gasteiger partial charge on any atom is 0.0159 e. The fourth-order valence-electron chi connectivity index (χ4n) is 10.0. The minimum atomic E-state index is -0.0646. The molecule has 11 rings (SSSR count). The van der Waals surface area contributed by atoms with Crippen LogP contribution < -0.4 is 0 Å². The van der Waals surface area contributed by atoms with Gasteiger partial charge in [-0.05, 0) is 134 Å². The quantitative estimate of drug-likeness (QED) is 0.162. The number of fused-ring (bicyclic) bond motifs is 9. The van der Waals surface area contributed by atoms with E-state index in [1.807, 2.05) is 0 Å². The van der Waals surface area contributed by atoms with Gasteiger partial charge in [-0.3, -0.25) is 0 Å². The van der Waals surface area contributed by atoms with E-state index in [9.17, 15) is 0 Å². The number of hydrogen-bond donors (Lipinski definition) is 0. The molecule has 0 nitrogen and oxygen atoms in total. The van der Waals surface area contributed by atoms with Crippen LogP contribution in [0.15, 0.2) is 170 Å². The van der Waals surface area contributed by atoms with Crippen LogP contribution in [0.25, 0.3) is 88.0 Å². The van der Waals surface area contributed by atoms with Gasteiger partial charge in [0.25, 0.3) is 0 Å². The predicted molar refractivity (Wildman–Crippen MR) is 230 cm³/mol.